The van der Waals surface area contributed by atoms with E-state index in [4.69, 9.17) is 15.0 Å². The number of carbonyl (C=O) groups excluding carboxylic acids is 1. The Labute approximate surface area is 118 Å². The van der Waals surface area contributed by atoms with Crippen LogP contribution in [0.2, 0.25) is 0 Å². The van der Waals surface area contributed by atoms with Gasteiger partial charge in [-0.25, -0.2) is 0 Å². The fraction of sp³-hybridized carbons (Fsp3) is 0.500. The van der Waals surface area contributed by atoms with E-state index in [2.05, 4.69) is 10.0 Å². The van der Waals surface area contributed by atoms with Crippen molar-refractivity contribution in [1.82, 2.24) is 0 Å². The predicted octanol–water partition coefficient (Wildman–Crippen LogP) is 3.12. The van der Waals surface area contributed by atoms with E-state index in [1.54, 1.807) is 0 Å². The summed E-state index contributed by atoms with van der Waals surface area (Å²) in [5, 5.41) is 3.43. The van der Waals surface area contributed by atoms with E-state index in [1.165, 1.54) is 7.11 Å². The summed E-state index contributed by atoms with van der Waals surface area (Å²) in [5.41, 5.74) is 9.19. The summed E-state index contributed by atoms with van der Waals surface area (Å²) < 4.78 is 10.2. The van der Waals surface area contributed by atoms with Crippen LogP contribution in [0.3, 0.4) is 0 Å². The fourth-order valence-corrected chi connectivity index (χ4v) is 1.73. The van der Waals surface area contributed by atoms with Crippen LogP contribution in [-0.2, 0) is 16.0 Å². The van der Waals surface area contributed by atoms with Crippen molar-refractivity contribution in [2.45, 2.75) is 19.8 Å². The highest BCUT2D eigenvalue weighted by molar-refractivity contribution is 5.72. The number of azide groups is 1. The average molecular weight is 277 g/mol. The lowest BCUT2D eigenvalue weighted by atomic mass is 10.0. The first-order valence-electron chi connectivity index (χ1n) is 6.47. The number of benzene rings is 1. The molecule has 1 atom stereocenters. The summed E-state index contributed by atoms with van der Waals surface area (Å²) in [6.45, 7) is 2.79. The monoisotopic (exact) mass is 277 g/mol. The van der Waals surface area contributed by atoms with Gasteiger partial charge >= 0.3 is 5.97 Å². The molecule has 0 aliphatic carbocycles. The molecule has 6 heteroatoms. The highest BCUT2D eigenvalue weighted by atomic mass is 16.5. The minimum atomic E-state index is -0.205. The second-order valence-corrected chi connectivity index (χ2v) is 4.43. The van der Waals surface area contributed by atoms with E-state index in [9.17, 15) is 4.79 Å². The highest BCUT2D eigenvalue weighted by Gasteiger charge is 2.13. The van der Waals surface area contributed by atoms with Crippen molar-refractivity contribution in [3.63, 3.8) is 0 Å². The molecule has 1 rings (SSSR count). The Kier molecular flexibility index (Phi) is 7.00. The van der Waals surface area contributed by atoms with E-state index < -0.39 is 0 Å². The molecule has 0 aliphatic heterocycles. The molecule has 0 aliphatic rings. The molecule has 1 aromatic carbocycles. The van der Waals surface area contributed by atoms with Crippen molar-refractivity contribution in [3.05, 3.63) is 40.3 Å². The number of nitrogens with zero attached hydrogens (tertiary/aromatic N) is 3. The zero-order valence-corrected chi connectivity index (χ0v) is 11.8. The molecule has 1 unspecified atom stereocenters. The molecule has 0 bridgehead atoms. The normalized spacial score (nSPS) is 11.3. The lowest BCUT2D eigenvalue weighted by Gasteiger charge is -2.10. The Morgan fingerprint density at radius 3 is 2.70 bits per heavy atom. The zero-order valence-electron chi connectivity index (χ0n) is 11.8. The van der Waals surface area contributed by atoms with Crippen LogP contribution in [-0.4, -0.2) is 26.2 Å². The summed E-state index contributed by atoms with van der Waals surface area (Å²) in [4.78, 5) is 14.0. The summed E-state index contributed by atoms with van der Waals surface area (Å²) in [7, 11) is 1.39. The van der Waals surface area contributed by atoms with Crippen LogP contribution in [0.25, 0.3) is 10.4 Å². The molecule has 20 heavy (non-hydrogen) atoms. The van der Waals surface area contributed by atoms with Gasteiger partial charge in [0.2, 0.25) is 0 Å². The zero-order chi connectivity index (χ0) is 14.8. The van der Waals surface area contributed by atoms with Crippen molar-refractivity contribution in [2.75, 3.05) is 20.3 Å². The smallest absolute Gasteiger partial charge is 0.308 e. The summed E-state index contributed by atoms with van der Waals surface area (Å²) >= 11 is 0. The average Bonchev–Trinajstić information content (AvgIpc) is 2.47. The van der Waals surface area contributed by atoms with Gasteiger partial charge in [0.15, 0.2) is 0 Å². The molecule has 0 heterocycles. The van der Waals surface area contributed by atoms with Gasteiger partial charge in [-0.2, -0.15) is 0 Å². The third kappa shape index (κ3) is 5.63. The maximum Gasteiger partial charge on any atom is 0.308 e. The van der Waals surface area contributed by atoms with E-state index in [0.717, 1.165) is 11.3 Å². The molecule has 0 fully saturated rings. The third-order valence-electron chi connectivity index (χ3n) is 2.80. The van der Waals surface area contributed by atoms with Gasteiger partial charge in [0.05, 0.1) is 19.6 Å². The Hall–Kier alpha value is -2.20. The van der Waals surface area contributed by atoms with Crippen molar-refractivity contribution in [2.24, 2.45) is 11.0 Å². The van der Waals surface area contributed by atoms with Gasteiger partial charge < -0.3 is 9.47 Å². The van der Waals surface area contributed by atoms with Crippen LogP contribution >= 0.6 is 0 Å². The number of carbonyl (C=O) groups is 1. The molecule has 0 amide bonds. The summed E-state index contributed by atoms with van der Waals surface area (Å²) in [5.74, 6) is 0.402. The molecular weight excluding hydrogens is 258 g/mol. The molecule has 6 nitrogen and oxygen atoms in total. The lowest BCUT2D eigenvalue weighted by Crippen LogP contribution is -2.15. The van der Waals surface area contributed by atoms with E-state index in [-0.39, 0.29) is 11.9 Å². The number of hydrogen-bond donors (Lipinski definition) is 0. The number of hydrogen-bond acceptors (Lipinski definition) is 4. The van der Waals surface area contributed by atoms with E-state index in [0.29, 0.717) is 26.0 Å². The quantitative estimate of drug-likeness (QED) is 0.240. The fourth-order valence-electron chi connectivity index (χ4n) is 1.73. The van der Waals surface area contributed by atoms with Gasteiger partial charge in [0.25, 0.3) is 0 Å². The van der Waals surface area contributed by atoms with Crippen LogP contribution in [0.15, 0.2) is 29.4 Å². The molecule has 0 radical (unpaired) electrons. The molecule has 0 saturated carbocycles. The van der Waals surface area contributed by atoms with Crippen molar-refractivity contribution in [1.29, 1.82) is 0 Å². The van der Waals surface area contributed by atoms with Crippen molar-refractivity contribution < 1.29 is 14.3 Å². The van der Waals surface area contributed by atoms with Gasteiger partial charge in [0, 0.05) is 11.5 Å². The maximum absolute atomic E-state index is 11.3. The molecule has 108 valence electrons. The third-order valence-corrected chi connectivity index (χ3v) is 2.80. The van der Waals surface area contributed by atoms with E-state index in [1.807, 2.05) is 31.2 Å². The SMILES string of the molecule is COC(=O)C(C)Cc1ccc(OCCCN=[N+]=[N-])cc1. The van der Waals surface area contributed by atoms with E-state index >= 15 is 0 Å². The first kappa shape index (κ1) is 15.9. The lowest BCUT2D eigenvalue weighted by molar-refractivity contribution is -0.144. The van der Waals surface area contributed by atoms with Crippen LogP contribution < -0.4 is 4.74 Å². The first-order valence-corrected chi connectivity index (χ1v) is 6.47. The van der Waals surface area contributed by atoms with Crippen LogP contribution in [0.1, 0.15) is 18.9 Å². The van der Waals surface area contributed by atoms with Crippen LogP contribution in [0.4, 0.5) is 0 Å². The predicted molar refractivity (Wildman–Crippen MR) is 75.5 cm³/mol. The van der Waals surface area contributed by atoms with Gasteiger partial charge in [-0.15, -0.1) is 0 Å². The molecule has 0 spiro atoms. The Morgan fingerprint density at radius 2 is 2.10 bits per heavy atom. The van der Waals surface area contributed by atoms with Crippen molar-refractivity contribution in [3.8, 4) is 5.75 Å². The first-order chi connectivity index (χ1) is 9.67. The van der Waals surface area contributed by atoms with Gasteiger partial charge in [0.1, 0.15) is 5.75 Å². The summed E-state index contributed by atoms with van der Waals surface area (Å²) in [6, 6.07) is 7.60. The van der Waals surface area contributed by atoms with Gasteiger partial charge in [-0.1, -0.05) is 24.2 Å². The standard InChI is InChI=1S/C14H19N3O3/c1-11(14(18)19-2)10-12-4-6-13(7-5-12)20-9-3-8-16-17-15/h4-7,11H,3,8-10H2,1-2H3. The highest BCUT2D eigenvalue weighted by Crippen LogP contribution is 2.16. The Bertz CT molecular complexity index is 467. The Morgan fingerprint density at radius 1 is 1.40 bits per heavy atom. The second-order valence-electron chi connectivity index (χ2n) is 4.43. The molecule has 1 aromatic rings. The summed E-state index contributed by atoms with van der Waals surface area (Å²) in [6.07, 6.45) is 1.33. The number of methoxy groups -OCH3 is 1. The van der Waals surface area contributed by atoms with Crippen molar-refractivity contribution >= 4 is 5.97 Å². The molecule has 0 N–H and O–H groups in total. The van der Waals surface area contributed by atoms with Gasteiger partial charge in [-0.3, -0.25) is 4.79 Å². The number of rotatable bonds is 8. The van der Waals surface area contributed by atoms with Gasteiger partial charge in [-0.05, 0) is 36.1 Å². The van der Waals surface area contributed by atoms with Crippen LogP contribution in [0.5, 0.6) is 5.75 Å². The Balaban J connectivity index is 2.40. The molecule has 0 aromatic heterocycles. The molecule has 0 saturated heterocycles. The maximum atomic E-state index is 11.3. The minimum Gasteiger partial charge on any atom is -0.494 e. The number of esters is 1. The van der Waals surface area contributed by atoms with Crippen LogP contribution in [0, 0.1) is 5.92 Å². The second kappa shape index (κ2) is 8.82. The topological polar surface area (TPSA) is 84.3 Å². The molecular formula is C14H19N3O3. The number of ether oxygens (including phenoxy) is 2. The largest absolute Gasteiger partial charge is 0.494 e. The minimum absolute atomic E-state index is 0.157.